The van der Waals surface area contributed by atoms with Gasteiger partial charge in [-0.05, 0) is 18.8 Å². The van der Waals surface area contributed by atoms with Crippen molar-refractivity contribution in [1.82, 2.24) is 0 Å². The third-order valence-electron chi connectivity index (χ3n) is 2.37. The smallest absolute Gasteiger partial charge is 0.381 e. The number of ether oxygens (including phenoxy) is 1. The van der Waals surface area contributed by atoms with E-state index in [4.69, 9.17) is 4.74 Å². The Hall–Kier alpha value is -0.340. The van der Waals surface area contributed by atoms with Crippen molar-refractivity contribution in [3.8, 4) is 0 Å². The van der Waals surface area contributed by atoms with E-state index in [9.17, 15) is 21.6 Å². The minimum atomic E-state index is -4.81. The second-order valence-corrected chi connectivity index (χ2v) is 5.19. The molecule has 15 heavy (non-hydrogen) atoms. The maximum Gasteiger partial charge on any atom is 0.407 e. The van der Waals surface area contributed by atoms with Crippen molar-refractivity contribution in [3.63, 3.8) is 0 Å². The molecule has 90 valence electrons. The van der Waals surface area contributed by atoms with Gasteiger partial charge in [-0.2, -0.15) is 13.2 Å². The lowest BCUT2D eigenvalue weighted by atomic mass is 9.96. The van der Waals surface area contributed by atoms with E-state index in [0.29, 0.717) is 0 Å². The van der Waals surface area contributed by atoms with Crippen LogP contribution >= 0.6 is 0 Å². The summed E-state index contributed by atoms with van der Waals surface area (Å²) in [5.74, 6) is -0.992. The maximum absolute atomic E-state index is 12.5. The van der Waals surface area contributed by atoms with Crippen LogP contribution in [0.25, 0.3) is 0 Å². The normalized spacial score (nSPS) is 22.7. The van der Waals surface area contributed by atoms with Crippen LogP contribution in [0.2, 0.25) is 0 Å². The molecule has 1 unspecified atom stereocenters. The Labute approximate surface area is 85.6 Å². The van der Waals surface area contributed by atoms with Crippen molar-refractivity contribution in [2.45, 2.75) is 24.3 Å². The van der Waals surface area contributed by atoms with Crippen molar-refractivity contribution >= 4 is 10.0 Å². The van der Waals surface area contributed by atoms with Crippen LogP contribution in [0, 0.1) is 5.92 Å². The molecule has 1 atom stereocenters. The van der Waals surface area contributed by atoms with Crippen LogP contribution in [-0.4, -0.2) is 33.1 Å². The van der Waals surface area contributed by atoms with E-state index in [0.717, 1.165) is 0 Å². The molecule has 4 nitrogen and oxygen atoms in total. The Balaban J connectivity index is 2.91. The Morgan fingerprint density at radius 2 is 1.73 bits per heavy atom. The summed E-state index contributed by atoms with van der Waals surface area (Å²) in [6, 6.07) is 0. The lowest BCUT2D eigenvalue weighted by Gasteiger charge is -2.29. The molecule has 1 aliphatic rings. The molecule has 1 saturated heterocycles. The van der Waals surface area contributed by atoms with Crippen LogP contribution in [0.4, 0.5) is 13.2 Å². The van der Waals surface area contributed by atoms with Crippen molar-refractivity contribution in [2.24, 2.45) is 11.1 Å². The molecular weight excluding hydrogens is 235 g/mol. The van der Waals surface area contributed by atoms with E-state index in [1.807, 2.05) is 0 Å². The number of alkyl halides is 3. The molecular formula is C7H12F3NO3S. The average molecular weight is 247 g/mol. The molecule has 0 saturated carbocycles. The molecule has 0 aliphatic carbocycles. The zero-order valence-corrected chi connectivity index (χ0v) is 8.64. The summed E-state index contributed by atoms with van der Waals surface area (Å²) >= 11 is 0. The topological polar surface area (TPSA) is 69.4 Å². The van der Waals surface area contributed by atoms with Crippen LogP contribution < -0.4 is 5.14 Å². The van der Waals surface area contributed by atoms with Gasteiger partial charge in [-0.1, -0.05) is 0 Å². The SMILES string of the molecule is NS(=O)(=O)C(C1CCOCC1)C(F)(F)F. The zero-order valence-electron chi connectivity index (χ0n) is 7.83. The highest BCUT2D eigenvalue weighted by Gasteiger charge is 2.51. The van der Waals surface area contributed by atoms with Gasteiger partial charge in [0.15, 0.2) is 5.25 Å². The van der Waals surface area contributed by atoms with E-state index < -0.39 is 27.4 Å². The fourth-order valence-corrected chi connectivity index (χ4v) is 2.92. The lowest BCUT2D eigenvalue weighted by molar-refractivity contribution is -0.145. The molecule has 2 N–H and O–H groups in total. The quantitative estimate of drug-likeness (QED) is 0.778. The number of hydrogen-bond donors (Lipinski definition) is 1. The van der Waals surface area contributed by atoms with E-state index in [-0.39, 0.29) is 26.1 Å². The van der Waals surface area contributed by atoms with Crippen molar-refractivity contribution in [2.75, 3.05) is 13.2 Å². The van der Waals surface area contributed by atoms with E-state index in [1.54, 1.807) is 0 Å². The van der Waals surface area contributed by atoms with Crippen molar-refractivity contribution < 1.29 is 26.3 Å². The molecule has 1 fully saturated rings. The number of nitrogens with two attached hydrogens (primary N) is 1. The van der Waals surface area contributed by atoms with Crippen molar-refractivity contribution in [1.29, 1.82) is 0 Å². The molecule has 1 rings (SSSR count). The molecule has 0 radical (unpaired) electrons. The third kappa shape index (κ3) is 3.32. The number of sulfonamides is 1. The summed E-state index contributed by atoms with van der Waals surface area (Å²) in [5, 5.41) is 2.14. The predicted molar refractivity (Wildman–Crippen MR) is 46.5 cm³/mol. The minimum absolute atomic E-state index is 0.0700. The average Bonchev–Trinajstić information content (AvgIpc) is 2.00. The number of primary sulfonamides is 1. The summed E-state index contributed by atoms with van der Waals surface area (Å²) in [6.07, 6.45) is -4.67. The van der Waals surface area contributed by atoms with E-state index in [1.165, 1.54) is 0 Å². The summed E-state index contributed by atoms with van der Waals surface area (Å²) in [4.78, 5) is 0. The van der Waals surface area contributed by atoms with Gasteiger partial charge in [0.1, 0.15) is 0 Å². The fourth-order valence-electron chi connectivity index (χ4n) is 1.74. The Kier molecular flexibility index (Phi) is 3.62. The molecule has 0 aromatic carbocycles. The van der Waals surface area contributed by atoms with Crippen molar-refractivity contribution in [3.05, 3.63) is 0 Å². The predicted octanol–water partition coefficient (Wildman–Crippen LogP) is 0.632. The zero-order chi connectivity index (χ0) is 11.7. The van der Waals surface area contributed by atoms with Gasteiger partial charge in [-0.3, -0.25) is 0 Å². The Morgan fingerprint density at radius 3 is 2.07 bits per heavy atom. The fraction of sp³-hybridized carbons (Fsp3) is 1.00. The number of rotatable bonds is 2. The molecule has 0 aromatic heterocycles. The van der Waals surface area contributed by atoms with Gasteiger partial charge in [-0.25, -0.2) is 13.6 Å². The first-order chi connectivity index (χ1) is 6.73. The van der Waals surface area contributed by atoms with Gasteiger partial charge in [-0.15, -0.1) is 0 Å². The third-order valence-corrected chi connectivity index (χ3v) is 3.73. The highest BCUT2D eigenvalue weighted by molar-refractivity contribution is 7.89. The maximum atomic E-state index is 12.5. The van der Waals surface area contributed by atoms with Gasteiger partial charge in [0.2, 0.25) is 10.0 Å². The summed E-state index contributed by atoms with van der Waals surface area (Å²) in [5.41, 5.74) is 0. The Morgan fingerprint density at radius 1 is 1.27 bits per heavy atom. The van der Waals surface area contributed by atoms with Crippen LogP contribution in [0.15, 0.2) is 0 Å². The molecule has 0 amide bonds. The second-order valence-electron chi connectivity index (χ2n) is 3.50. The van der Waals surface area contributed by atoms with E-state index in [2.05, 4.69) is 5.14 Å². The molecule has 1 aliphatic heterocycles. The van der Waals surface area contributed by atoms with Crippen LogP contribution in [0.1, 0.15) is 12.8 Å². The van der Waals surface area contributed by atoms with Crippen LogP contribution in [0.3, 0.4) is 0 Å². The summed E-state index contributed by atoms with van der Waals surface area (Å²) in [7, 11) is -4.60. The summed E-state index contributed by atoms with van der Waals surface area (Å²) in [6.45, 7) is 0.291. The van der Waals surface area contributed by atoms with Gasteiger partial charge in [0, 0.05) is 13.2 Å². The lowest BCUT2D eigenvalue weighted by Crippen LogP contribution is -2.47. The molecule has 0 spiro atoms. The second kappa shape index (κ2) is 4.26. The summed E-state index contributed by atoms with van der Waals surface area (Å²) < 4.78 is 64.2. The van der Waals surface area contributed by atoms with Gasteiger partial charge in [0.25, 0.3) is 0 Å². The molecule has 0 bridgehead atoms. The van der Waals surface area contributed by atoms with Gasteiger partial charge in [0.05, 0.1) is 0 Å². The largest absolute Gasteiger partial charge is 0.407 e. The molecule has 1 heterocycles. The monoisotopic (exact) mass is 247 g/mol. The van der Waals surface area contributed by atoms with Gasteiger partial charge < -0.3 is 4.74 Å². The molecule has 8 heteroatoms. The van der Waals surface area contributed by atoms with Crippen LogP contribution in [-0.2, 0) is 14.8 Å². The minimum Gasteiger partial charge on any atom is -0.381 e. The molecule has 0 aromatic rings. The van der Waals surface area contributed by atoms with E-state index >= 15 is 0 Å². The first kappa shape index (κ1) is 12.7. The highest BCUT2D eigenvalue weighted by Crippen LogP contribution is 2.34. The standard InChI is InChI=1S/C7H12F3NO3S/c8-7(9,10)6(15(11,12)13)5-1-3-14-4-2-5/h5-6H,1-4H2,(H2,11,12,13). The first-order valence-electron chi connectivity index (χ1n) is 4.39. The number of hydrogen-bond acceptors (Lipinski definition) is 3. The highest BCUT2D eigenvalue weighted by atomic mass is 32.2. The van der Waals surface area contributed by atoms with Crippen LogP contribution in [0.5, 0.6) is 0 Å². The van der Waals surface area contributed by atoms with Gasteiger partial charge >= 0.3 is 6.18 Å². The Bertz CT molecular complexity index is 308. The first-order valence-corrected chi connectivity index (χ1v) is 6.00. The number of halogens is 3.